The summed E-state index contributed by atoms with van der Waals surface area (Å²) >= 11 is 5.36. The normalized spacial score (nSPS) is 15.4. The molecule has 29 heavy (non-hydrogen) atoms. The largest absolute Gasteiger partial charge is 0.495 e. The van der Waals surface area contributed by atoms with Crippen LogP contribution in [0.2, 0.25) is 0 Å². The number of rotatable bonds is 8. The lowest BCUT2D eigenvalue weighted by molar-refractivity contribution is -0.111. The quantitative estimate of drug-likeness (QED) is 0.481. The minimum absolute atomic E-state index is 0.175. The number of methoxy groups -OCH3 is 1. The molecule has 1 N–H and O–H groups in total. The van der Waals surface area contributed by atoms with Gasteiger partial charge < -0.3 is 14.8 Å². The molecule has 0 fully saturated rings. The van der Waals surface area contributed by atoms with Gasteiger partial charge in [0.05, 0.1) is 37.9 Å². The van der Waals surface area contributed by atoms with Crippen molar-refractivity contribution >= 4 is 28.6 Å². The monoisotopic (exact) mass is 421 g/mol. The molecule has 7 nitrogen and oxygen atoms in total. The average molecular weight is 422 g/mol. The van der Waals surface area contributed by atoms with E-state index in [1.165, 1.54) is 0 Å². The van der Waals surface area contributed by atoms with Crippen LogP contribution in [-0.2, 0) is 16.1 Å². The molecule has 158 valence electrons. The van der Waals surface area contributed by atoms with E-state index in [0.29, 0.717) is 31.7 Å². The molecule has 1 amide bonds. The summed E-state index contributed by atoms with van der Waals surface area (Å²) in [6.07, 6.45) is 1.59. The van der Waals surface area contributed by atoms with Gasteiger partial charge >= 0.3 is 6.09 Å². The van der Waals surface area contributed by atoms with Gasteiger partial charge in [0.2, 0.25) is 5.24 Å². The number of ether oxygens (including phenoxy) is 2. The van der Waals surface area contributed by atoms with Crippen LogP contribution in [0.3, 0.4) is 0 Å². The molecule has 1 aromatic carbocycles. The second kappa shape index (κ2) is 9.84. The van der Waals surface area contributed by atoms with Crippen molar-refractivity contribution in [1.82, 2.24) is 4.90 Å². The number of nitrogens with one attached hydrogen (secondary N) is 1. The van der Waals surface area contributed by atoms with Gasteiger partial charge in [0.1, 0.15) is 11.4 Å². The molecule has 1 unspecified atom stereocenters. The van der Waals surface area contributed by atoms with E-state index >= 15 is 0 Å². The number of nitrogens with zero attached hydrogens (tertiary/aromatic N) is 2. The predicted octanol–water partition coefficient (Wildman–Crippen LogP) is 4.75. The maximum absolute atomic E-state index is 12.7. The van der Waals surface area contributed by atoms with Gasteiger partial charge in [-0.05, 0) is 68.5 Å². The van der Waals surface area contributed by atoms with Gasteiger partial charge in [-0.2, -0.15) is 5.26 Å². The topological polar surface area (TPSA) is 91.7 Å². The highest BCUT2D eigenvalue weighted by Gasteiger charge is 2.37. The molecule has 0 bridgehead atoms. The van der Waals surface area contributed by atoms with E-state index in [1.54, 1.807) is 12.0 Å². The van der Waals surface area contributed by atoms with Crippen molar-refractivity contribution in [3.63, 3.8) is 0 Å². The van der Waals surface area contributed by atoms with E-state index in [9.17, 15) is 14.9 Å². The lowest BCUT2D eigenvalue weighted by Gasteiger charge is -2.27. The van der Waals surface area contributed by atoms with Gasteiger partial charge in [-0.15, -0.1) is 0 Å². The molecular weight excluding hydrogens is 394 g/mol. The Labute approximate surface area is 176 Å². The number of fused-ring (bicyclic) bond motifs is 1. The maximum Gasteiger partial charge on any atom is 0.411 e. The molecule has 0 aliphatic carbocycles. The first-order chi connectivity index (χ1) is 13.7. The van der Waals surface area contributed by atoms with Gasteiger partial charge in [-0.25, -0.2) is 4.79 Å². The zero-order valence-corrected chi connectivity index (χ0v) is 18.1. The van der Waals surface area contributed by atoms with Crippen LogP contribution >= 0.6 is 11.6 Å². The zero-order valence-electron chi connectivity index (χ0n) is 17.4. The molecule has 1 aliphatic heterocycles. The van der Waals surface area contributed by atoms with Crippen molar-refractivity contribution in [3.8, 4) is 11.8 Å². The van der Waals surface area contributed by atoms with E-state index in [4.69, 9.17) is 21.1 Å². The average Bonchev–Trinajstić information content (AvgIpc) is 2.97. The molecule has 0 aromatic heterocycles. The number of unbranched alkanes of at least 4 members (excludes halogenated alkanes) is 1. The standard InChI is InChI=1S/C21H28ClN3O4/c1-21(2,3)29-20(27)25-13-14-11-16(24-10-6-5-7-19(22)26)18(28-4)12-15(14)17(25)8-9-23/h11-12,17,24H,5-8,10,13H2,1-4H3. The van der Waals surface area contributed by atoms with Crippen LogP contribution in [0.15, 0.2) is 12.1 Å². The van der Waals surface area contributed by atoms with Crippen molar-refractivity contribution < 1.29 is 19.1 Å². The van der Waals surface area contributed by atoms with E-state index in [1.807, 2.05) is 32.9 Å². The number of benzene rings is 1. The molecule has 0 saturated heterocycles. The minimum Gasteiger partial charge on any atom is -0.495 e. The summed E-state index contributed by atoms with van der Waals surface area (Å²) in [5.74, 6) is 0.645. The molecular formula is C21H28ClN3O4. The zero-order chi connectivity index (χ0) is 21.6. The molecule has 0 spiro atoms. The number of hydrogen-bond donors (Lipinski definition) is 1. The summed E-state index contributed by atoms with van der Waals surface area (Å²) in [5, 5.41) is 12.3. The Morgan fingerprint density at radius 1 is 1.34 bits per heavy atom. The lowest BCUT2D eigenvalue weighted by atomic mass is 10.0. The molecule has 1 aromatic rings. The van der Waals surface area contributed by atoms with Crippen molar-refractivity contribution in [2.75, 3.05) is 19.0 Å². The second-order valence-corrected chi connectivity index (χ2v) is 8.40. The van der Waals surface area contributed by atoms with Crippen molar-refractivity contribution in [1.29, 1.82) is 5.26 Å². The fraction of sp³-hybridized carbons (Fsp3) is 0.571. The number of amides is 1. The summed E-state index contributed by atoms with van der Waals surface area (Å²) in [4.78, 5) is 25.1. The maximum atomic E-state index is 12.7. The molecule has 8 heteroatoms. The Kier molecular flexibility index (Phi) is 7.74. The fourth-order valence-corrected chi connectivity index (χ4v) is 3.42. The van der Waals surface area contributed by atoms with E-state index in [2.05, 4.69) is 11.4 Å². The Morgan fingerprint density at radius 3 is 2.66 bits per heavy atom. The molecule has 1 heterocycles. The number of anilines is 1. The fourth-order valence-electron chi connectivity index (χ4n) is 3.29. The van der Waals surface area contributed by atoms with E-state index in [-0.39, 0.29) is 17.7 Å². The van der Waals surface area contributed by atoms with Gasteiger partial charge in [0.25, 0.3) is 0 Å². The number of halogens is 1. The summed E-state index contributed by atoms with van der Waals surface area (Å²) in [7, 11) is 1.58. The first-order valence-corrected chi connectivity index (χ1v) is 10.0. The van der Waals surface area contributed by atoms with Crippen LogP contribution in [-0.4, -0.2) is 35.5 Å². The Morgan fingerprint density at radius 2 is 2.07 bits per heavy atom. The van der Waals surface area contributed by atoms with Gasteiger partial charge in [-0.1, -0.05) is 0 Å². The number of nitriles is 1. The van der Waals surface area contributed by atoms with E-state index in [0.717, 1.165) is 23.2 Å². The van der Waals surface area contributed by atoms with Crippen LogP contribution in [0, 0.1) is 11.3 Å². The number of carbonyl (C=O) groups excluding carboxylic acids is 2. The van der Waals surface area contributed by atoms with Gasteiger partial charge in [0, 0.05) is 13.0 Å². The highest BCUT2D eigenvalue weighted by atomic mass is 35.5. The molecule has 2 rings (SSSR count). The third-order valence-electron chi connectivity index (χ3n) is 4.57. The molecule has 0 radical (unpaired) electrons. The Balaban J connectivity index is 2.19. The van der Waals surface area contributed by atoms with Crippen LogP contribution in [0.5, 0.6) is 5.75 Å². The third kappa shape index (κ3) is 6.26. The van der Waals surface area contributed by atoms with Crippen LogP contribution in [0.4, 0.5) is 10.5 Å². The van der Waals surface area contributed by atoms with Crippen molar-refractivity contribution in [2.24, 2.45) is 0 Å². The van der Waals surface area contributed by atoms with Crippen LogP contribution < -0.4 is 10.1 Å². The van der Waals surface area contributed by atoms with Gasteiger partial charge in [0.15, 0.2) is 0 Å². The number of hydrogen-bond acceptors (Lipinski definition) is 6. The highest BCUT2D eigenvalue weighted by molar-refractivity contribution is 6.63. The van der Waals surface area contributed by atoms with E-state index < -0.39 is 11.7 Å². The molecule has 1 atom stereocenters. The summed E-state index contributed by atoms with van der Waals surface area (Å²) in [6, 6.07) is 5.63. The van der Waals surface area contributed by atoms with Crippen LogP contribution in [0.25, 0.3) is 0 Å². The number of carbonyl (C=O) groups is 2. The Hall–Kier alpha value is -2.46. The third-order valence-corrected chi connectivity index (χ3v) is 4.75. The first kappa shape index (κ1) is 22.8. The summed E-state index contributed by atoms with van der Waals surface area (Å²) < 4.78 is 11.0. The van der Waals surface area contributed by atoms with Crippen molar-refractivity contribution in [2.45, 2.75) is 64.6 Å². The lowest BCUT2D eigenvalue weighted by Crippen LogP contribution is -2.35. The summed E-state index contributed by atoms with van der Waals surface area (Å²) in [6.45, 7) is 6.48. The van der Waals surface area contributed by atoms with Crippen LogP contribution in [0.1, 0.15) is 63.6 Å². The first-order valence-electron chi connectivity index (χ1n) is 9.66. The highest BCUT2D eigenvalue weighted by Crippen LogP contribution is 2.41. The SMILES string of the molecule is COc1cc2c(cc1NCCCCC(=O)Cl)CN(C(=O)OC(C)(C)C)C2CC#N. The minimum atomic E-state index is -0.613. The summed E-state index contributed by atoms with van der Waals surface area (Å²) in [5.41, 5.74) is 2.05. The molecule has 1 aliphatic rings. The Bertz CT molecular complexity index is 798. The predicted molar refractivity (Wildman–Crippen MR) is 111 cm³/mol. The van der Waals surface area contributed by atoms with Crippen molar-refractivity contribution in [3.05, 3.63) is 23.3 Å². The smallest absolute Gasteiger partial charge is 0.411 e. The van der Waals surface area contributed by atoms with Gasteiger partial charge in [-0.3, -0.25) is 9.69 Å². The molecule has 0 saturated carbocycles. The second-order valence-electron chi connectivity index (χ2n) is 7.98.